The smallest absolute Gasteiger partial charge is 0.0856 e. The van der Waals surface area contributed by atoms with Gasteiger partial charge in [-0.2, -0.15) is 0 Å². The van der Waals surface area contributed by atoms with Gasteiger partial charge < -0.3 is 5.11 Å². The zero-order valence-electron chi connectivity index (χ0n) is 6.04. The van der Waals surface area contributed by atoms with Gasteiger partial charge in [0, 0.05) is 11.2 Å². The first-order chi connectivity index (χ1) is 4.75. The number of pyridine rings is 1. The summed E-state index contributed by atoms with van der Waals surface area (Å²) in [7, 11) is 0. The van der Waals surface area contributed by atoms with Crippen molar-refractivity contribution in [3.63, 3.8) is 0 Å². The van der Waals surface area contributed by atoms with Gasteiger partial charge in [0.15, 0.2) is 0 Å². The Labute approximate surface area is 76.6 Å². The lowest BCUT2D eigenvalue weighted by Gasteiger charge is -2.00. The Hall–Kier alpha value is -0.310. The quantitative estimate of drug-likeness (QED) is 0.741. The Bertz CT molecular complexity index is 240. The molecule has 0 bridgehead atoms. The number of hydrogen-bond acceptors (Lipinski definition) is 2. The maximum Gasteiger partial charge on any atom is 0.0856 e. The molecule has 0 aliphatic rings. The van der Waals surface area contributed by atoms with Crippen molar-refractivity contribution in [2.45, 2.75) is 13.5 Å². The monoisotopic (exact) mass is 193 g/mol. The number of aromatic nitrogens is 1. The molecule has 0 aliphatic heterocycles. The molecule has 0 atom stereocenters. The first-order valence-electron chi connectivity index (χ1n) is 2.96. The molecule has 4 heteroatoms. The van der Waals surface area contributed by atoms with Gasteiger partial charge in [0.1, 0.15) is 0 Å². The van der Waals surface area contributed by atoms with E-state index in [1.165, 1.54) is 0 Å². The average Bonchev–Trinajstić information content (AvgIpc) is 1.95. The molecule has 0 amide bonds. The minimum absolute atomic E-state index is 0. The predicted molar refractivity (Wildman–Crippen MR) is 47.2 cm³/mol. The van der Waals surface area contributed by atoms with Gasteiger partial charge in [-0.05, 0) is 18.6 Å². The van der Waals surface area contributed by atoms with E-state index in [1.54, 1.807) is 12.3 Å². The van der Waals surface area contributed by atoms with E-state index < -0.39 is 0 Å². The maximum absolute atomic E-state index is 8.72. The van der Waals surface area contributed by atoms with Crippen LogP contribution in [0.4, 0.5) is 0 Å². The molecule has 0 saturated carbocycles. The molecular weight excluding hydrogens is 185 g/mol. The fourth-order valence-electron chi connectivity index (χ4n) is 0.712. The molecule has 1 aromatic heterocycles. The standard InChI is InChI=1S/C7H8ClNO.ClH/c1-5-6(8)2-3-9-7(5)4-10;/h2-3,10H,4H2,1H3;1H. The summed E-state index contributed by atoms with van der Waals surface area (Å²) in [5.41, 5.74) is 1.50. The van der Waals surface area contributed by atoms with Crippen LogP contribution < -0.4 is 0 Å². The van der Waals surface area contributed by atoms with Gasteiger partial charge in [0.25, 0.3) is 0 Å². The topological polar surface area (TPSA) is 33.1 Å². The second-order valence-corrected chi connectivity index (χ2v) is 2.43. The van der Waals surface area contributed by atoms with Gasteiger partial charge in [0.05, 0.1) is 12.3 Å². The number of halogens is 2. The van der Waals surface area contributed by atoms with Crippen LogP contribution in [-0.2, 0) is 6.61 Å². The summed E-state index contributed by atoms with van der Waals surface area (Å²) in [6, 6.07) is 1.70. The maximum atomic E-state index is 8.72. The normalized spacial score (nSPS) is 9.00. The molecule has 1 rings (SSSR count). The number of aliphatic hydroxyl groups is 1. The largest absolute Gasteiger partial charge is 0.390 e. The van der Waals surface area contributed by atoms with Crippen LogP contribution >= 0.6 is 24.0 Å². The highest BCUT2D eigenvalue weighted by molar-refractivity contribution is 6.31. The van der Waals surface area contributed by atoms with Crippen molar-refractivity contribution in [3.8, 4) is 0 Å². The van der Waals surface area contributed by atoms with Crippen molar-refractivity contribution >= 4 is 24.0 Å². The summed E-state index contributed by atoms with van der Waals surface area (Å²) in [5, 5.41) is 9.37. The minimum atomic E-state index is -0.0492. The van der Waals surface area contributed by atoms with Crippen molar-refractivity contribution in [2.24, 2.45) is 0 Å². The Morgan fingerprint density at radius 1 is 1.64 bits per heavy atom. The highest BCUT2D eigenvalue weighted by Gasteiger charge is 2.00. The fraction of sp³-hybridized carbons (Fsp3) is 0.286. The summed E-state index contributed by atoms with van der Waals surface area (Å²) < 4.78 is 0. The molecule has 0 fully saturated rings. The number of rotatable bonds is 1. The van der Waals surface area contributed by atoms with Crippen molar-refractivity contribution in [2.75, 3.05) is 0 Å². The number of aliphatic hydroxyl groups excluding tert-OH is 1. The first kappa shape index (κ1) is 10.7. The van der Waals surface area contributed by atoms with E-state index in [0.717, 1.165) is 5.56 Å². The Morgan fingerprint density at radius 2 is 2.27 bits per heavy atom. The average molecular weight is 194 g/mol. The van der Waals surface area contributed by atoms with Crippen LogP contribution in [0.1, 0.15) is 11.3 Å². The summed E-state index contributed by atoms with van der Waals surface area (Å²) in [6.07, 6.45) is 1.58. The van der Waals surface area contributed by atoms with Gasteiger partial charge in [-0.3, -0.25) is 4.98 Å². The van der Waals surface area contributed by atoms with E-state index in [9.17, 15) is 0 Å². The van der Waals surface area contributed by atoms with Gasteiger partial charge in [-0.15, -0.1) is 12.4 Å². The summed E-state index contributed by atoms with van der Waals surface area (Å²) in [5.74, 6) is 0. The van der Waals surface area contributed by atoms with E-state index in [2.05, 4.69) is 4.98 Å². The van der Waals surface area contributed by atoms with Gasteiger partial charge >= 0.3 is 0 Å². The van der Waals surface area contributed by atoms with Crippen molar-refractivity contribution in [1.29, 1.82) is 0 Å². The first-order valence-corrected chi connectivity index (χ1v) is 3.34. The molecule has 0 saturated heterocycles. The van der Waals surface area contributed by atoms with E-state index in [-0.39, 0.29) is 19.0 Å². The molecule has 0 aliphatic carbocycles. The molecular formula is C7H9Cl2NO. The molecule has 1 heterocycles. The predicted octanol–water partition coefficient (Wildman–Crippen LogP) is 1.96. The van der Waals surface area contributed by atoms with Crippen LogP contribution in [0.5, 0.6) is 0 Å². The van der Waals surface area contributed by atoms with E-state index in [4.69, 9.17) is 16.7 Å². The van der Waals surface area contributed by atoms with Crippen LogP contribution in [0.25, 0.3) is 0 Å². The van der Waals surface area contributed by atoms with E-state index >= 15 is 0 Å². The third kappa shape index (κ3) is 2.33. The molecule has 1 aromatic rings. The van der Waals surface area contributed by atoms with E-state index in [1.807, 2.05) is 6.92 Å². The van der Waals surface area contributed by atoms with E-state index in [0.29, 0.717) is 10.7 Å². The lowest BCUT2D eigenvalue weighted by atomic mass is 10.2. The number of nitrogens with zero attached hydrogens (tertiary/aromatic N) is 1. The highest BCUT2D eigenvalue weighted by Crippen LogP contribution is 2.15. The Morgan fingerprint density at radius 3 is 2.73 bits per heavy atom. The van der Waals surface area contributed by atoms with Crippen LogP contribution in [0.3, 0.4) is 0 Å². The molecule has 1 N–H and O–H groups in total. The summed E-state index contributed by atoms with van der Waals surface area (Å²) in [4.78, 5) is 3.92. The zero-order valence-corrected chi connectivity index (χ0v) is 7.61. The number of hydrogen-bond donors (Lipinski definition) is 1. The SMILES string of the molecule is Cc1c(Cl)ccnc1CO.Cl. The minimum Gasteiger partial charge on any atom is -0.390 e. The lowest BCUT2D eigenvalue weighted by molar-refractivity contribution is 0.276. The molecule has 62 valence electrons. The Balaban J connectivity index is 0.000001000. The van der Waals surface area contributed by atoms with Crippen molar-refractivity contribution in [3.05, 3.63) is 28.5 Å². The van der Waals surface area contributed by atoms with Crippen molar-refractivity contribution < 1.29 is 5.11 Å². The van der Waals surface area contributed by atoms with Gasteiger partial charge in [-0.25, -0.2) is 0 Å². The highest BCUT2D eigenvalue weighted by atomic mass is 35.5. The Kier molecular flexibility index (Phi) is 4.42. The van der Waals surface area contributed by atoms with Gasteiger partial charge in [-0.1, -0.05) is 11.6 Å². The van der Waals surface area contributed by atoms with Crippen molar-refractivity contribution in [1.82, 2.24) is 4.98 Å². The third-order valence-corrected chi connectivity index (χ3v) is 1.80. The van der Waals surface area contributed by atoms with Crippen LogP contribution in [0, 0.1) is 6.92 Å². The fourth-order valence-corrected chi connectivity index (χ4v) is 0.877. The summed E-state index contributed by atoms with van der Waals surface area (Å²) >= 11 is 5.74. The zero-order chi connectivity index (χ0) is 7.56. The molecule has 11 heavy (non-hydrogen) atoms. The molecule has 0 unspecified atom stereocenters. The molecule has 0 radical (unpaired) electrons. The van der Waals surface area contributed by atoms with Crippen LogP contribution in [-0.4, -0.2) is 10.1 Å². The third-order valence-electron chi connectivity index (χ3n) is 1.39. The second kappa shape index (κ2) is 4.54. The second-order valence-electron chi connectivity index (χ2n) is 2.02. The molecule has 0 aromatic carbocycles. The summed E-state index contributed by atoms with van der Waals surface area (Å²) in [6.45, 7) is 1.78. The van der Waals surface area contributed by atoms with Crippen LogP contribution in [0.2, 0.25) is 5.02 Å². The van der Waals surface area contributed by atoms with Crippen LogP contribution in [0.15, 0.2) is 12.3 Å². The lowest BCUT2D eigenvalue weighted by Crippen LogP contribution is -1.92. The molecule has 0 spiro atoms. The van der Waals surface area contributed by atoms with Gasteiger partial charge in [0.2, 0.25) is 0 Å². The molecule has 2 nitrogen and oxygen atoms in total.